The molecule has 2 aliphatic heterocycles. The fourth-order valence-electron chi connectivity index (χ4n) is 2.52. The molecule has 0 bridgehead atoms. The summed E-state index contributed by atoms with van der Waals surface area (Å²) in [5.41, 5.74) is 0. The summed E-state index contributed by atoms with van der Waals surface area (Å²) in [5, 5.41) is 12.8. The van der Waals surface area contributed by atoms with E-state index in [0.29, 0.717) is 6.04 Å². The van der Waals surface area contributed by atoms with Crippen molar-refractivity contribution in [2.24, 2.45) is 5.92 Å². The largest absolute Gasteiger partial charge is 0.392 e. The summed E-state index contributed by atoms with van der Waals surface area (Å²) >= 11 is 0. The molecule has 0 radical (unpaired) electrons. The van der Waals surface area contributed by atoms with Crippen molar-refractivity contribution in [2.45, 2.75) is 31.9 Å². The van der Waals surface area contributed by atoms with Gasteiger partial charge >= 0.3 is 0 Å². The van der Waals surface area contributed by atoms with Gasteiger partial charge in [0.15, 0.2) is 0 Å². The molecule has 76 valence electrons. The Morgan fingerprint density at radius 2 is 2.31 bits per heavy atom. The van der Waals surface area contributed by atoms with Gasteiger partial charge in [0.05, 0.1) is 6.10 Å². The van der Waals surface area contributed by atoms with Gasteiger partial charge in [0.1, 0.15) is 0 Å². The summed E-state index contributed by atoms with van der Waals surface area (Å²) in [6, 6.07) is 0.646. The van der Waals surface area contributed by atoms with Gasteiger partial charge in [-0.2, -0.15) is 0 Å². The van der Waals surface area contributed by atoms with Crippen molar-refractivity contribution in [1.29, 1.82) is 0 Å². The predicted octanol–water partition coefficient (Wildman–Crippen LogP) is 0.0510. The van der Waals surface area contributed by atoms with Crippen LogP contribution >= 0.6 is 0 Å². The van der Waals surface area contributed by atoms with E-state index in [0.717, 1.165) is 32.0 Å². The molecule has 2 saturated heterocycles. The topological polar surface area (TPSA) is 35.5 Å². The van der Waals surface area contributed by atoms with Crippen LogP contribution in [0.1, 0.15) is 19.8 Å². The first-order chi connectivity index (χ1) is 6.27. The summed E-state index contributed by atoms with van der Waals surface area (Å²) in [4.78, 5) is 2.43. The highest BCUT2D eigenvalue weighted by atomic mass is 16.3. The van der Waals surface area contributed by atoms with Crippen molar-refractivity contribution >= 4 is 0 Å². The third-order valence-electron chi connectivity index (χ3n) is 3.55. The molecule has 0 aromatic carbocycles. The minimum absolute atomic E-state index is 0.0724. The summed E-state index contributed by atoms with van der Waals surface area (Å²) < 4.78 is 0. The Kier molecular flexibility index (Phi) is 2.86. The monoisotopic (exact) mass is 184 g/mol. The number of aliphatic hydroxyl groups excluding tert-OH is 1. The number of β-amino-alcohol motifs (C(OH)–C–C–N with tert-alkyl or cyclic N) is 1. The van der Waals surface area contributed by atoms with Gasteiger partial charge in [0, 0.05) is 19.1 Å². The number of likely N-dealkylation sites (tertiary alicyclic amines) is 1. The third kappa shape index (κ3) is 2.03. The van der Waals surface area contributed by atoms with Crippen molar-refractivity contribution in [3.63, 3.8) is 0 Å². The Morgan fingerprint density at radius 3 is 2.85 bits per heavy atom. The van der Waals surface area contributed by atoms with Crippen LogP contribution in [0.2, 0.25) is 0 Å². The minimum atomic E-state index is -0.0724. The SMILES string of the molecule is C[C@H]([C@@H]1CCNC1)N1CC[C@@H](O)C1. The van der Waals surface area contributed by atoms with Gasteiger partial charge in [-0.3, -0.25) is 4.90 Å². The Labute approximate surface area is 80.1 Å². The molecule has 3 atom stereocenters. The first kappa shape index (κ1) is 9.44. The number of aliphatic hydroxyl groups is 1. The fraction of sp³-hybridized carbons (Fsp3) is 1.00. The third-order valence-corrected chi connectivity index (χ3v) is 3.55. The normalized spacial score (nSPS) is 38.3. The molecule has 0 aliphatic carbocycles. The van der Waals surface area contributed by atoms with Crippen LogP contribution in [0.5, 0.6) is 0 Å². The standard InChI is InChI=1S/C10H20N2O/c1-8(9-2-4-11-6-9)12-5-3-10(13)7-12/h8-11,13H,2-7H2,1H3/t8-,9-,10-/m1/s1. The van der Waals surface area contributed by atoms with Crippen LogP contribution in [0.3, 0.4) is 0 Å². The lowest BCUT2D eigenvalue weighted by Gasteiger charge is -2.28. The Hall–Kier alpha value is -0.120. The van der Waals surface area contributed by atoms with E-state index in [1.54, 1.807) is 0 Å². The van der Waals surface area contributed by atoms with Crippen molar-refractivity contribution in [3.05, 3.63) is 0 Å². The molecular weight excluding hydrogens is 164 g/mol. The lowest BCUT2D eigenvalue weighted by molar-refractivity contribution is 0.145. The number of hydrogen-bond acceptors (Lipinski definition) is 3. The molecule has 3 nitrogen and oxygen atoms in total. The number of hydrogen-bond donors (Lipinski definition) is 2. The molecule has 2 rings (SSSR count). The highest BCUT2D eigenvalue weighted by molar-refractivity contribution is 4.86. The van der Waals surface area contributed by atoms with E-state index in [-0.39, 0.29) is 6.10 Å². The molecule has 2 fully saturated rings. The predicted molar refractivity (Wildman–Crippen MR) is 52.6 cm³/mol. The first-order valence-corrected chi connectivity index (χ1v) is 5.40. The highest BCUT2D eigenvalue weighted by Crippen LogP contribution is 2.21. The van der Waals surface area contributed by atoms with Crippen LogP contribution in [0.25, 0.3) is 0 Å². The molecule has 0 unspecified atom stereocenters. The Balaban J connectivity index is 1.85. The summed E-state index contributed by atoms with van der Waals surface area (Å²) in [6.45, 7) is 6.60. The molecule has 0 spiro atoms. The van der Waals surface area contributed by atoms with Gasteiger partial charge in [0.25, 0.3) is 0 Å². The van der Waals surface area contributed by atoms with Crippen LogP contribution < -0.4 is 5.32 Å². The van der Waals surface area contributed by atoms with Crippen LogP contribution in [0.15, 0.2) is 0 Å². The van der Waals surface area contributed by atoms with E-state index in [1.165, 1.54) is 13.0 Å². The quantitative estimate of drug-likeness (QED) is 0.636. The number of nitrogens with one attached hydrogen (secondary N) is 1. The highest BCUT2D eigenvalue weighted by Gasteiger charge is 2.30. The van der Waals surface area contributed by atoms with E-state index < -0.39 is 0 Å². The molecule has 0 saturated carbocycles. The summed E-state index contributed by atoms with van der Waals surface area (Å²) in [6.07, 6.45) is 2.19. The summed E-state index contributed by atoms with van der Waals surface area (Å²) in [7, 11) is 0. The van der Waals surface area contributed by atoms with Gasteiger partial charge in [0.2, 0.25) is 0 Å². The van der Waals surface area contributed by atoms with E-state index in [2.05, 4.69) is 17.1 Å². The van der Waals surface area contributed by atoms with E-state index >= 15 is 0 Å². The minimum Gasteiger partial charge on any atom is -0.392 e. The lowest BCUT2D eigenvalue weighted by Crippen LogP contribution is -2.38. The zero-order valence-electron chi connectivity index (χ0n) is 8.37. The smallest absolute Gasteiger partial charge is 0.0679 e. The fourth-order valence-corrected chi connectivity index (χ4v) is 2.52. The molecule has 0 aromatic heterocycles. The Bertz CT molecular complexity index is 168. The van der Waals surface area contributed by atoms with Crippen molar-refractivity contribution in [1.82, 2.24) is 10.2 Å². The molecule has 13 heavy (non-hydrogen) atoms. The van der Waals surface area contributed by atoms with E-state index in [4.69, 9.17) is 0 Å². The van der Waals surface area contributed by atoms with Crippen molar-refractivity contribution < 1.29 is 5.11 Å². The van der Waals surface area contributed by atoms with Gasteiger partial charge in [-0.1, -0.05) is 0 Å². The maximum Gasteiger partial charge on any atom is 0.0679 e. The Morgan fingerprint density at radius 1 is 1.46 bits per heavy atom. The lowest BCUT2D eigenvalue weighted by atomic mass is 9.99. The average Bonchev–Trinajstić information content (AvgIpc) is 2.72. The van der Waals surface area contributed by atoms with E-state index in [1.807, 2.05) is 0 Å². The van der Waals surface area contributed by atoms with E-state index in [9.17, 15) is 5.11 Å². The van der Waals surface area contributed by atoms with Crippen LogP contribution in [-0.4, -0.2) is 48.3 Å². The molecule has 2 aliphatic rings. The second kappa shape index (κ2) is 3.95. The maximum atomic E-state index is 9.43. The molecular formula is C10H20N2O. The number of rotatable bonds is 2. The first-order valence-electron chi connectivity index (χ1n) is 5.40. The van der Waals surface area contributed by atoms with Gasteiger partial charge in [-0.15, -0.1) is 0 Å². The average molecular weight is 184 g/mol. The van der Waals surface area contributed by atoms with Crippen molar-refractivity contribution in [3.8, 4) is 0 Å². The van der Waals surface area contributed by atoms with Crippen LogP contribution in [0.4, 0.5) is 0 Å². The van der Waals surface area contributed by atoms with Crippen molar-refractivity contribution in [2.75, 3.05) is 26.2 Å². The van der Waals surface area contributed by atoms with Gasteiger partial charge in [-0.05, 0) is 38.8 Å². The van der Waals surface area contributed by atoms with Gasteiger partial charge < -0.3 is 10.4 Å². The maximum absolute atomic E-state index is 9.43. The molecule has 2 heterocycles. The second-order valence-corrected chi connectivity index (χ2v) is 4.43. The molecule has 2 N–H and O–H groups in total. The molecule has 0 aromatic rings. The van der Waals surface area contributed by atoms with Gasteiger partial charge in [-0.25, -0.2) is 0 Å². The summed E-state index contributed by atoms with van der Waals surface area (Å²) in [5.74, 6) is 0.797. The van der Waals surface area contributed by atoms with Crippen LogP contribution in [0, 0.1) is 5.92 Å². The zero-order valence-corrected chi connectivity index (χ0v) is 8.37. The second-order valence-electron chi connectivity index (χ2n) is 4.43. The van der Waals surface area contributed by atoms with Crippen LogP contribution in [-0.2, 0) is 0 Å². The number of nitrogens with zero attached hydrogens (tertiary/aromatic N) is 1. The zero-order chi connectivity index (χ0) is 9.26. The molecule has 0 amide bonds. The molecule has 3 heteroatoms.